The van der Waals surface area contributed by atoms with Gasteiger partial charge in [-0.05, 0) is 37.5 Å². The van der Waals surface area contributed by atoms with Gasteiger partial charge in [0.2, 0.25) is 5.92 Å². The highest BCUT2D eigenvalue weighted by molar-refractivity contribution is 5.72. The second-order valence-electron chi connectivity index (χ2n) is 5.68. The van der Waals surface area contributed by atoms with Crippen LogP contribution in [0, 0.1) is 11.8 Å². The Morgan fingerprint density at radius 3 is 2.56 bits per heavy atom. The summed E-state index contributed by atoms with van der Waals surface area (Å²) >= 11 is 0. The lowest BCUT2D eigenvalue weighted by Gasteiger charge is -2.30. The predicted octanol–water partition coefficient (Wildman–Crippen LogP) is 2.91. The Kier molecular flexibility index (Phi) is 2.08. The zero-order chi connectivity index (χ0) is 11.4. The van der Waals surface area contributed by atoms with Crippen molar-refractivity contribution in [2.45, 2.75) is 56.5 Å². The summed E-state index contributed by atoms with van der Waals surface area (Å²) in [6.07, 6.45) is 3.30. The van der Waals surface area contributed by atoms with Crippen LogP contribution in [-0.2, 0) is 9.53 Å². The molecule has 1 heterocycles. The fourth-order valence-electron chi connectivity index (χ4n) is 3.79. The van der Waals surface area contributed by atoms with E-state index in [9.17, 15) is 13.6 Å². The minimum Gasteiger partial charge on any atom is -0.459 e. The first kappa shape index (κ1) is 10.5. The number of hydrogen-bond acceptors (Lipinski definition) is 2. The van der Waals surface area contributed by atoms with Crippen LogP contribution in [0.3, 0.4) is 0 Å². The smallest absolute Gasteiger partial charge is 0.306 e. The second-order valence-corrected chi connectivity index (χ2v) is 5.68. The van der Waals surface area contributed by atoms with E-state index < -0.39 is 5.92 Å². The molecular weight excluding hydrogens is 214 g/mol. The molecule has 1 saturated heterocycles. The lowest BCUT2D eigenvalue weighted by atomic mass is 9.80. The van der Waals surface area contributed by atoms with Gasteiger partial charge in [-0.15, -0.1) is 0 Å². The lowest BCUT2D eigenvalue weighted by Crippen LogP contribution is -2.29. The van der Waals surface area contributed by atoms with Crippen LogP contribution < -0.4 is 0 Å². The highest BCUT2D eigenvalue weighted by atomic mass is 19.3. The van der Waals surface area contributed by atoms with Gasteiger partial charge in [0.25, 0.3) is 0 Å². The van der Waals surface area contributed by atoms with Crippen LogP contribution in [-0.4, -0.2) is 17.5 Å². The van der Waals surface area contributed by atoms with Crippen molar-refractivity contribution in [2.75, 3.05) is 0 Å². The molecule has 0 bridgehead atoms. The molecule has 3 aliphatic rings. The molecule has 1 spiro atoms. The number of ether oxygens (including phenoxy) is 1. The average Bonchev–Trinajstić information content (AvgIpc) is 2.68. The summed E-state index contributed by atoms with van der Waals surface area (Å²) in [7, 11) is 0. The van der Waals surface area contributed by atoms with E-state index in [1.807, 2.05) is 0 Å². The summed E-state index contributed by atoms with van der Waals surface area (Å²) < 4.78 is 32.0. The SMILES string of the molecule is O=C1CC[C@]2(C[C@H]3CC(F)(F)CC[C@H]3C2)O1. The lowest BCUT2D eigenvalue weighted by molar-refractivity contribution is -0.148. The summed E-state index contributed by atoms with van der Waals surface area (Å²) in [6, 6.07) is 0. The predicted molar refractivity (Wildman–Crippen MR) is 53.1 cm³/mol. The number of halogens is 2. The van der Waals surface area contributed by atoms with Gasteiger partial charge in [-0.2, -0.15) is 0 Å². The molecule has 16 heavy (non-hydrogen) atoms. The molecular formula is C12H16F2O2. The molecule has 0 amide bonds. The van der Waals surface area contributed by atoms with Gasteiger partial charge in [-0.1, -0.05) is 0 Å². The Hall–Kier alpha value is -0.670. The molecule has 0 aromatic heterocycles. The van der Waals surface area contributed by atoms with E-state index in [1.54, 1.807) is 0 Å². The average molecular weight is 230 g/mol. The highest BCUT2D eigenvalue weighted by Gasteiger charge is 2.55. The Balaban J connectivity index is 1.75. The first-order valence-electron chi connectivity index (χ1n) is 6.08. The molecule has 4 heteroatoms. The maximum absolute atomic E-state index is 13.3. The minimum absolute atomic E-state index is 0.00301. The Bertz CT molecular complexity index is 329. The molecule has 3 fully saturated rings. The molecule has 3 atom stereocenters. The number of rotatable bonds is 0. The molecule has 0 radical (unpaired) electrons. The van der Waals surface area contributed by atoms with Gasteiger partial charge in [0.1, 0.15) is 5.60 Å². The van der Waals surface area contributed by atoms with Gasteiger partial charge in [-0.25, -0.2) is 8.78 Å². The van der Waals surface area contributed by atoms with Crippen molar-refractivity contribution >= 4 is 5.97 Å². The molecule has 2 nitrogen and oxygen atoms in total. The van der Waals surface area contributed by atoms with Crippen molar-refractivity contribution in [3.63, 3.8) is 0 Å². The zero-order valence-electron chi connectivity index (χ0n) is 9.18. The molecule has 2 saturated carbocycles. The van der Waals surface area contributed by atoms with Gasteiger partial charge < -0.3 is 4.74 Å². The van der Waals surface area contributed by atoms with Crippen molar-refractivity contribution in [1.82, 2.24) is 0 Å². The summed E-state index contributed by atoms with van der Waals surface area (Å²) in [4.78, 5) is 11.2. The molecule has 3 rings (SSSR count). The van der Waals surface area contributed by atoms with Gasteiger partial charge >= 0.3 is 5.97 Å². The maximum atomic E-state index is 13.3. The Morgan fingerprint density at radius 1 is 1.12 bits per heavy atom. The molecule has 1 aliphatic heterocycles. The number of alkyl halides is 2. The van der Waals surface area contributed by atoms with Crippen LogP contribution >= 0.6 is 0 Å². The number of fused-ring (bicyclic) bond motifs is 1. The summed E-state index contributed by atoms with van der Waals surface area (Å²) in [5.74, 6) is -2.22. The standard InChI is InChI=1S/C12H16F2O2/c13-12(14)4-1-8-5-11(6-9(8)7-12)3-2-10(15)16-11/h8-9H,1-7H2/t8-,9-,11-/m0/s1. The van der Waals surface area contributed by atoms with Crippen molar-refractivity contribution in [3.05, 3.63) is 0 Å². The molecule has 0 N–H and O–H groups in total. The number of carbonyl (C=O) groups excluding carboxylic acids is 1. The Labute approximate surface area is 93.3 Å². The third-order valence-corrected chi connectivity index (χ3v) is 4.49. The summed E-state index contributed by atoms with van der Waals surface area (Å²) in [5, 5.41) is 0. The second kappa shape index (κ2) is 3.17. The molecule has 0 unspecified atom stereocenters. The first-order chi connectivity index (χ1) is 7.48. The largest absolute Gasteiger partial charge is 0.459 e. The fourth-order valence-corrected chi connectivity index (χ4v) is 3.79. The van der Waals surface area contributed by atoms with Gasteiger partial charge in [0.05, 0.1) is 0 Å². The Morgan fingerprint density at radius 2 is 1.88 bits per heavy atom. The summed E-state index contributed by atoms with van der Waals surface area (Å²) in [5.41, 5.74) is -0.368. The number of carbonyl (C=O) groups is 1. The normalized spacial score (nSPS) is 45.8. The zero-order valence-corrected chi connectivity index (χ0v) is 9.18. The van der Waals surface area contributed by atoms with Crippen LogP contribution in [0.25, 0.3) is 0 Å². The van der Waals surface area contributed by atoms with E-state index in [-0.39, 0.29) is 30.3 Å². The van der Waals surface area contributed by atoms with Crippen molar-refractivity contribution in [3.8, 4) is 0 Å². The molecule has 2 aliphatic carbocycles. The molecule has 0 aromatic rings. The number of esters is 1. The number of hydrogen-bond donors (Lipinski definition) is 0. The van der Waals surface area contributed by atoms with Gasteiger partial charge in [-0.3, -0.25) is 4.79 Å². The van der Waals surface area contributed by atoms with Crippen LogP contribution in [0.5, 0.6) is 0 Å². The van der Waals surface area contributed by atoms with E-state index in [0.29, 0.717) is 25.2 Å². The topological polar surface area (TPSA) is 26.3 Å². The van der Waals surface area contributed by atoms with Crippen LogP contribution in [0.4, 0.5) is 8.78 Å². The van der Waals surface area contributed by atoms with E-state index in [1.165, 1.54) is 0 Å². The van der Waals surface area contributed by atoms with Crippen molar-refractivity contribution in [1.29, 1.82) is 0 Å². The minimum atomic E-state index is -2.49. The maximum Gasteiger partial charge on any atom is 0.306 e. The van der Waals surface area contributed by atoms with Crippen LogP contribution in [0.1, 0.15) is 44.9 Å². The molecule has 90 valence electrons. The third-order valence-electron chi connectivity index (χ3n) is 4.49. The fraction of sp³-hybridized carbons (Fsp3) is 0.917. The van der Waals surface area contributed by atoms with Gasteiger partial charge in [0, 0.05) is 19.3 Å². The van der Waals surface area contributed by atoms with Gasteiger partial charge in [0.15, 0.2) is 0 Å². The quantitative estimate of drug-likeness (QED) is 0.598. The van der Waals surface area contributed by atoms with E-state index in [4.69, 9.17) is 4.74 Å². The van der Waals surface area contributed by atoms with E-state index in [0.717, 1.165) is 12.8 Å². The highest BCUT2D eigenvalue weighted by Crippen LogP contribution is 2.55. The monoisotopic (exact) mass is 230 g/mol. The van der Waals surface area contributed by atoms with Crippen molar-refractivity contribution in [2.24, 2.45) is 11.8 Å². The third kappa shape index (κ3) is 1.62. The van der Waals surface area contributed by atoms with E-state index in [2.05, 4.69) is 0 Å². The van der Waals surface area contributed by atoms with Crippen LogP contribution in [0.2, 0.25) is 0 Å². The van der Waals surface area contributed by atoms with E-state index >= 15 is 0 Å². The molecule has 0 aromatic carbocycles. The van der Waals surface area contributed by atoms with Crippen molar-refractivity contribution < 1.29 is 18.3 Å². The summed E-state index contributed by atoms with van der Waals surface area (Å²) in [6.45, 7) is 0. The first-order valence-corrected chi connectivity index (χ1v) is 6.08. The van der Waals surface area contributed by atoms with Crippen LogP contribution in [0.15, 0.2) is 0 Å².